The number of halogens is 1. The number of hydrogen-bond acceptors (Lipinski definition) is 3. The minimum absolute atomic E-state index is 0.305. The Hall–Kier alpha value is -1.47. The summed E-state index contributed by atoms with van der Waals surface area (Å²) in [6, 6.07) is 4.90. The van der Waals surface area contributed by atoms with Crippen LogP contribution < -0.4 is 5.32 Å². The van der Waals surface area contributed by atoms with Crippen LogP contribution in [0.1, 0.15) is 31.4 Å². The van der Waals surface area contributed by atoms with Gasteiger partial charge in [-0.1, -0.05) is 12.1 Å². The van der Waals surface area contributed by atoms with Gasteiger partial charge in [0.15, 0.2) is 0 Å². The molecule has 1 N–H and O–H groups in total. The molecule has 0 saturated carbocycles. The van der Waals surface area contributed by atoms with Crippen LogP contribution in [0.2, 0.25) is 0 Å². The molecule has 1 fully saturated rings. The van der Waals surface area contributed by atoms with Crippen LogP contribution in [-0.2, 0) is 14.8 Å². The Morgan fingerprint density at radius 3 is 2.57 bits per heavy atom. The van der Waals surface area contributed by atoms with E-state index in [9.17, 15) is 17.6 Å². The van der Waals surface area contributed by atoms with E-state index in [4.69, 9.17) is 0 Å². The van der Waals surface area contributed by atoms with Crippen LogP contribution in [0.5, 0.6) is 0 Å². The summed E-state index contributed by atoms with van der Waals surface area (Å²) in [6.45, 7) is 2.16. The highest BCUT2D eigenvalue weighted by molar-refractivity contribution is 7.88. The van der Waals surface area contributed by atoms with Gasteiger partial charge in [-0.05, 0) is 37.5 Å². The van der Waals surface area contributed by atoms with Gasteiger partial charge >= 0.3 is 0 Å². The summed E-state index contributed by atoms with van der Waals surface area (Å²) in [5.74, 6) is -0.647. The number of nitrogens with zero attached hydrogens (tertiary/aromatic N) is 1. The third-order valence-electron chi connectivity index (χ3n) is 3.66. The molecule has 0 spiro atoms. The monoisotopic (exact) mass is 314 g/mol. The van der Waals surface area contributed by atoms with Gasteiger partial charge in [0.1, 0.15) is 11.9 Å². The molecule has 0 bridgehead atoms. The number of nitrogens with one attached hydrogen (secondary N) is 1. The quantitative estimate of drug-likeness (QED) is 0.914. The second-order valence-corrected chi connectivity index (χ2v) is 7.25. The van der Waals surface area contributed by atoms with Crippen molar-refractivity contribution in [3.05, 3.63) is 35.6 Å². The van der Waals surface area contributed by atoms with Crippen LogP contribution in [0.3, 0.4) is 0 Å². The molecule has 2 atom stereocenters. The molecule has 0 unspecified atom stereocenters. The van der Waals surface area contributed by atoms with Crippen molar-refractivity contribution in [3.63, 3.8) is 0 Å². The van der Waals surface area contributed by atoms with Gasteiger partial charge in [0.25, 0.3) is 0 Å². The average molecular weight is 314 g/mol. The maximum absolute atomic E-state index is 12.9. The van der Waals surface area contributed by atoms with Gasteiger partial charge in [-0.2, -0.15) is 4.31 Å². The lowest BCUT2D eigenvalue weighted by Crippen LogP contribution is -2.46. The zero-order valence-corrected chi connectivity index (χ0v) is 12.9. The van der Waals surface area contributed by atoms with Gasteiger partial charge in [0.05, 0.1) is 12.3 Å². The lowest BCUT2D eigenvalue weighted by atomic mass is 10.1. The van der Waals surface area contributed by atoms with Crippen molar-refractivity contribution in [2.24, 2.45) is 0 Å². The van der Waals surface area contributed by atoms with E-state index in [1.165, 1.54) is 16.4 Å². The van der Waals surface area contributed by atoms with Crippen molar-refractivity contribution >= 4 is 15.9 Å². The molecule has 5 nitrogen and oxygen atoms in total. The number of carbonyl (C=O) groups is 1. The Labute approximate surface area is 124 Å². The van der Waals surface area contributed by atoms with Gasteiger partial charge in [0, 0.05) is 6.54 Å². The smallest absolute Gasteiger partial charge is 0.238 e. The predicted octanol–water partition coefficient (Wildman–Crippen LogP) is 1.43. The summed E-state index contributed by atoms with van der Waals surface area (Å²) >= 11 is 0. The maximum Gasteiger partial charge on any atom is 0.238 e. The molecule has 1 aromatic carbocycles. The van der Waals surface area contributed by atoms with E-state index in [1.54, 1.807) is 19.1 Å². The van der Waals surface area contributed by atoms with Crippen LogP contribution in [0, 0.1) is 5.82 Å². The van der Waals surface area contributed by atoms with Crippen molar-refractivity contribution in [3.8, 4) is 0 Å². The Morgan fingerprint density at radius 2 is 2.00 bits per heavy atom. The van der Waals surface area contributed by atoms with E-state index in [1.807, 2.05) is 0 Å². The Morgan fingerprint density at radius 1 is 1.38 bits per heavy atom. The second-order valence-electron chi connectivity index (χ2n) is 5.31. The molecule has 0 radical (unpaired) electrons. The molecule has 7 heteroatoms. The first-order valence-corrected chi connectivity index (χ1v) is 8.66. The van der Waals surface area contributed by atoms with Crippen molar-refractivity contribution in [2.45, 2.75) is 31.8 Å². The number of amides is 1. The van der Waals surface area contributed by atoms with E-state index in [-0.39, 0.29) is 17.8 Å². The van der Waals surface area contributed by atoms with Crippen LogP contribution in [0.15, 0.2) is 24.3 Å². The van der Waals surface area contributed by atoms with Crippen LogP contribution >= 0.6 is 0 Å². The molecule has 1 aliphatic rings. The topological polar surface area (TPSA) is 66.5 Å². The molecule has 116 valence electrons. The molecule has 1 saturated heterocycles. The lowest BCUT2D eigenvalue weighted by Gasteiger charge is -2.23. The van der Waals surface area contributed by atoms with E-state index in [0.717, 1.165) is 11.8 Å². The minimum Gasteiger partial charge on any atom is -0.348 e. The second kappa shape index (κ2) is 6.11. The van der Waals surface area contributed by atoms with E-state index >= 15 is 0 Å². The number of sulfonamides is 1. The third kappa shape index (κ3) is 3.79. The van der Waals surface area contributed by atoms with Crippen LogP contribution in [0.25, 0.3) is 0 Å². The molecule has 1 aromatic rings. The number of rotatable bonds is 4. The SMILES string of the molecule is C[C@@H](NC(=O)[C@@H]1CCCN1S(C)(=O)=O)c1ccc(F)cc1. The van der Waals surface area contributed by atoms with E-state index in [0.29, 0.717) is 19.4 Å². The van der Waals surface area contributed by atoms with Crippen LogP contribution in [-0.4, -0.2) is 37.5 Å². The fourth-order valence-electron chi connectivity index (χ4n) is 2.54. The molecule has 21 heavy (non-hydrogen) atoms. The number of benzene rings is 1. The molecule has 2 rings (SSSR count). The first-order valence-electron chi connectivity index (χ1n) is 6.81. The van der Waals surface area contributed by atoms with Gasteiger partial charge in [0.2, 0.25) is 15.9 Å². The largest absolute Gasteiger partial charge is 0.348 e. The molecule has 0 aliphatic carbocycles. The third-order valence-corrected chi connectivity index (χ3v) is 4.95. The molecule has 0 aromatic heterocycles. The molecule has 1 aliphatic heterocycles. The molecule has 1 heterocycles. The number of hydrogen-bond donors (Lipinski definition) is 1. The summed E-state index contributed by atoms with van der Waals surface area (Å²) in [6.07, 6.45) is 2.31. The fourth-order valence-corrected chi connectivity index (χ4v) is 3.67. The summed E-state index contributed by atoms with van der Waals surface area (Å²) < 4.78 is 37.4. The summed E-state index contributed by atoms with van der Waals surface area (Å²) in [7, 11) is -3.38. The lowest BCUT2D eigenvalue weighted by molar-refractivity contribution is -0.124. The highest BCUT2D eigenvalue weighted by Gasteiger charge is 2.36. The Bertz CT molecular complexity index is 616. The average Bonchev–Trinajstić information content (AvgIpc) is 2.88. The minimum atomic E-state index is -3.38. The molecular formula is C14H19FN2O3S. The summed E-state index contributed by atoms with van der Waals surface area (Å²) in [5.41, 5.74) is 0.772. The first-order chi connectivity index (χ1) is 9.79. The first kappa shape index (κ1) is 15.9. The van der Waals surface area contributed by atoms with Crippen LogP contribution in [0.4, 0.5) is 4.39 Å². The van der Waals surface area contributed by atoms with Crippen molar-refractivity contribution in [1.29, 1.82) is 0 Å². The van der Waals surface area contributed by atoms with Gasteiger partial charge in [-0.3, -0.25) is 4.79 Å². The normalized spacial score (nSPS) is 21.2. The van der Waals surface area contributed by atoms with Gasteiger partial charge in [-0.25, -0.2) is 12.8 Å². The van der Waals surface area contributed by atoms with Crippen molar-refractivity contribution in [2.75, 3.05) is 12.8 Å². The fraction of sp³-hybridized carbons (Fsp3) is 0.500. The Kier molecular flexibility index (Phi) is 4.63. The Balaban J connectivity index is 2.05. The number of carbonyl (C=O) groups excluding carboxylic acids is 1. The highest BCUT2D eigenvalue weighted by Crippen LogP contribution is 2.22. The van der Waals surface area contributed by atoms with E-state index < -0.39 is 16.1 Å². The zero-order chi connectivity index (χ0) is 15.6. The van der Waals surface area contributed by atoms with Crippen molar-refractivity contribution in [1.82, 2.24) is 9.62 Å². The molecular weight excluding hydrogens is 295 g/mol. The van der Waals surface area contributed by atoms with Gasteiger partial charge < -0.3 is 5.32 Å². The highest BCUT2D eigenvalue weighted by atomic mass is 32.2. The summed E-state index contributed by atoms with van der Waals surface area (Å²) in [4.78, 5) is 12.3. The van der Waals surface area contributed by atoms with E-state index in [2.05, 4.69) is 5.32 Å². The standard InChI is InChI=1S/C14H19FN2O3S/c1-10(11-5-7-12(15)8-6-11)16-14(18)13-4-3-9-17(13)21(2,19)20/h5-8,10,13H,3-4,9H2,1-2H3,(H,16,18)/t10-,13+/m1/s1. The summed E-state index contributed by atoms with van der Waals surface area (Å²) in [5, 5.41) is 2.79. The van der Waals surface area contributed by atoms with Crippen molar-refractivity contribution < 1.29 is 17.6 Å². The zero-order valence-electron chi connectivity index (χ0n) is 12.0. The van der Waals surface area contributed by atoms with Gasteiger partial charge in [-0.15, -0.1) is 0 Å². The molecule has 1 amide bonds. The maximum atomic E-state index is 12.9. The predicted molar refractivity (Wildman–Crippen MR) is 77.5 cm³/mol.